The maximum absolute atomic E-state index is 12.5. The maximum Gasteiger partial charge on any atom is 0.339 e. The fraction of sp³-hybridized carbons (Fsp3) is 0.364. The lowest BCUT2D eigenvalue weighted by Gasteiger charge is -2.20. The quantitative estimate of drug-likeness (QED) is 0.695. The summed E-state index contributed by atoms with van der Waals surface area (Å²) in [5.41, 5.74) is 3.07. The zero-order valence-corrected chi connectivity index (χ0v) is 17.8. The standard InChI is InChI=1S/C22H27NO4S/c1-14(2)16-10-8-11-17(15(3)4)21(16)23-20(24)13-27-22(25)18-9-6-7-12-19(18)28(5)26/h6-12,14-15H,13H2,1-5H3,(H,23,24)/t28-/m0/s1. The Labute approximate surface area is 168 Å². The molecule has 0 heterocycles. The van der Waals surface area contributed by atoms with Crippen LogP contribution in [0.2, 0.25) is 0 Å². The molecule has 0 aliphatic rings. The van der Waals surface area contributed by atoms with E-state index in [4.69, 9.17) is 4.74 Å². The molecule has 0 aliphatic carbocycles. The molecule has 1 N–H and O–H groups in total. The second kappa shape index (κ2) is 9.64. The third-order valence-corrected chi connectivity index (χ3v) is 5.36. The Bertz CT molecular complexity index is 864. The van der Waals surface area contributed by atoms with E-state index >= 15 is 0 Å². The topological polar surface area (TPSA) is 72.5 Å². The van der Waals surface area contributed by atoms with Crippen LogP contribution >= 0.6 is 0 Å². The highest BCUT2D eigenvalue weighted by molar-refractivity contribution is 7.84. The lowest BCUT2D eigenvalue weighted by atomic mass is 9.92. The number of para-hydroxylation sites is 1. The van der Waals surface area contributed by atoms with Crippen molar-refractivity contribution in [3.8, 4) is 0 Å². The second-order valence-electron chi connectivity index (χ2n) is 7.20. The molecule has 2 aromatic carbocycles. The van der Waals surface area contributed by atoms with E-state index in [0.717, 1.165) is 16.8 Å². The SMILES string of the molecule is CC(C)c1cccc(C(C)C)c1NC(=O)COC(=O)c1ccccc1[S@](C)=O. The van der Waals surface area contributed by atoms with Crippen molar-refractivity contribution in [2.24, 2.45) is 0 Å². The molecule has 2 aromatic rings. The van der Waals surface area contributed by atoms with Gasteiger partial charge in [0, 0.05) is 11.9 Å². The summed E-state index contributed by atoms with van der Waals surface area (Å²) >= 11 is 0. The number of hydrogen-bond acceptors (Lipinski definition) is 4. The van der Waals surface area contributed by atoms with Crippen LogP contribution in [0.25, 0.3) is 0 Å². The van der Waals surface area contributed by atoms with Gasteiger partial charge in [0.05, 0.1) is 21.3 Å². The molecule has 0 spiro atoms. The molecule has 1 amide bonds. The van der Waals surface area contributed by atoms with Crippen LogP contribution in [0.3, 0.4) is 0 Å². The lowest BCUT2D eigenvalue weighted by molar-refractivity contribution is -0.119. The van der Waals surface area contributed by atoms with Gasteiger partial charge in [-0.1, -0.05) is 58.0 Å². The molecular weight excluding hydrogens is 374 g/mol. The van der Waals surface area contributed by atoms with Crippen LogP contribution < -0.4 is 5.32 Å². The summed E-state index contributed by atoms with van der Waals surface area (Å²) in [6.07, 6.45) is 1.50. The van der Waals surface area contributed by atoms with Gasteiger partial charge in [0.15, 0.2) is 6.61 Å². The third-order valence-electron chi connectivity index (χ3n) is 4.39. The Hall–Kier alpha value is -2.47. The molecule has 0 fully saturated rings. The minimum atomic E-state index is -1.33. The van der Waals surface area contributed by atoms with Crippen molar-refractivity contribution in [2.45, 2.75) is 44.4 Å². The number of carbonyl (C=O) groups is 2. The minimum Gasteiger partial charge on any atom is -0.452 e. The van der Waals surface area contributed by atoms with Gasteiger partial charge in [0.2, 0.25) is 0 Å². The van der Waals surface area contributed by atoms with E-state index in [2.05, 4.69) is 33.0 Å². The lowest BCUT2D eigenvalue weighted by Crippen LogP contribution is -2.23. The van der Waals surface area contributed by atoms with Crippen LogP contribution in [0.15, 0.2) is 47.4 Å². The van der Waals surface area contributed by atoms with E-state index in [1.807, 2.05) is 18.2 Å². The van der Waals surface area contributed by atoms with Gasteiger partial charge in [-0.25, -0.2) is 4.79 Å². The van der Waals surface area contributed by atoms with Crippen molar-refractivity contribution in [3.05, 3.63) is 59.2 Å². The summed E-state index contributed by atoms with van der Waals surface area (Å²) in [6, 6.07) is 12.5. The summed E-state index contributed by atoms with van der Waals surface area (Å²) in [5, 5.41) is 2.91. The van der Waals surface area contributed by atoms with E-state index < -0.39 is 29.3 Å². The number of ether oxygens (including phenoxy) is 1. The first-order chi connectivity index (χ1) is 13.2. The first-order valence-corrected chi connectivity index (χ1v) is 10.8. The summed E-state index contributed by atoms with van der Waals surface area (Å²) in [5.74, 6) is -0.591. The van der Waals surface area contributed by atoms with Gasteiger partial charge < -0.3 is 10.1 Å². The molecule has 28 heavy (non-hydrogen) atoms. The van der Waals surface area contributed by atoms with Gasteiger partial charge in [-0.05, 0) is 35.1 Å². The predicted molar refractivity (Wildman–Crippen MR) is 112 cm³/mol. The van der Waals surface area contributed by atoms with Crippen molar-refractivity contribution >= 4 is 28.4 Å². The molecule has 0 saturated carbocycles. The molecule has 0 radical (unpaired) electrons. The largest absolute Gasteiger partial charge is 0.452 e. The maximum atomic E-state index is 12.5. The van der Waals surface area contributed by atoms with Crippen molar-refractivity contribution in [1.29, 1.82) is 0 Å². The van der Waals surface area contributed by atoms with E-state index in [0.29, 0.717) is 4.90 Å². The highest BCUT2D eigenvalue weighted by atomic mass is 32.2. The van der Waals surface area contributed by atoms with E-state index in [-0.39, 0.29) is 17.4 Å². The number of rotatable bonds is 7. The van der Waals surface area contributed by atoms with Gasteiger partial charge in [0.1, 0.15) is 0 Å². The zero-order chi connectivity index (χ0) is 20.8. The van der Waals surface area contributed by atoms with Crippen molar-refractivity contribution in [1.82, 2.24) is 0 Å². The van der Waals surface area contributed by atoms with Gasteiger partial charge >= 0.3 is 5.97 Å². The van der Waals surface area contributed by atoms with Crippen molar-refractivity contribution in [2.75, 3.05) is 18.2 Å². The molecule has 6 heteroatoms. The number of amides is 1. The van der Waals surface area contributed by atoms with Gasteiger partial charge in [-0.2, -0.15) is 0 Å². The fourth-order valence-corrected chi connectivity index (χ4v) is 3.70. The predicted octanol–water partition coefficient (Wildman–Crippen LogP) is 4.47. The average molecular weight is 402 g/mol. The highest BCUT2D eigenvalue weighted by Crippen LogP contribution is 2.32. The Kier molecular flexibility index (Phi) is 7.52. The van der Waals surface area contributed by atoms with E-state index in [1.54, 1.807) is 24.3 Å². The first kappa shape index (κ1) is 21.8. The average Bonchev–Trinajstić information content (AvgIpc) is 2.65. The molecule has 1 atom stereocenters. The zero-order valence-electron chi connectivity index (χ0n) is 16.9. The van der Waals surface area contributed by atoms with Crippen LogP contribution in [0.4, 0.5) is 5.69 Å². The fourth-order valence-electron chi connectivity index (χ4n) is 2.97. The smallest absolute Gasteiger partial charge is 0.339 e. The highest BCUT2D eigenvalue weighted by Gasteiger charge is 2.19. The van der Waals surface area contributed by atoms with E-state index in [1.165, 1.54) is 6.26 Å². The summed E-state index contributed by atoms with van der Waals surface area (Å²) < 4.78 is 16.9. The molecule has 5 nitrogen and oxygen atoms in total. The first-order valence-electron chi connectivity index (χ1n) is 9.24. The molecule has 0 saturated heterocycles. The summed E-state index contributed by atoms with van der Waals surface area (Å²) in [6.45, 7) is 7.86. The molecule has 0 unspecified atom stereocenters. The van der Waals surface area contributed by atoms with Crippen molar-refractivity contribution in [3.63, 3.8) is 0 Å². The van der Waals surface area contributed by atoms with Crippen LogP contribution in [0, 0.1) is 0 Å². The Morgan fingerprint density at radius 3 is 2.07 bits per heavy atom. The van der Waals surface area contributed by atoms with Gasteiger partial charge in [-0.3, -0.25) is 9.00 Å². The second-order valence-corrected chi connectivity index (χ2v) is 8.54. The summed E-state index contributed by atoms with van der Waals surface area (Å²) in [4.78, 5) is 25.2. The Morgan fingerprint density at radius 2 is 1.54 bits per heavy atom. The Balaban J connectivity index is 2.14. The molecule has 0 aliphatic heterocycles. The molecular formula is C22H27NO4S. The van der Waals surface area contributed by atoms with Crippen LogP contribution in [-0.2, 0) is 20.3 Å². The number of nitrogens with one attached hydrogen (secondary N) is 1. The minimum absolute atomic E-state index is 0.210. The van der Waals surface area contributed by atoms with Crippen LogP contribution in [-0.4, -0.2) is 28.9 Å². The number of benzene rings is 2. The molecule has 150 valence electrons. The number of esters is 1. The molecule has 0 bridgehead atoms. The molecule has 2 rings (SSSR count). The number of hydrogen-bond donors (Lipinski definition) is 1. The monoisotopic (exact) mass is 401 g/mol. The van der Waals surface area contributed by atoms with Gasteiger partial charge in [-0.15, -0.1) is 0 Å². The van der Waals surface area contributed by atoms with Crippen molar-refractivity contribution < 1.29 is 18.5 Å². The molecule has 0 aromatic heterocycles. The third kappa shape index (κ3) is 5.29. The number of anilines is 1. The summed E-state index contributed by atoms with van der Waals surface area (Å²) in [7, 11) is -1.33. The van der Waals surface area contributed by atoms with Gasteiger partial charge in [0.25, 0.3) is 5.91 Å². The number of carbonyl (C=O) groups excluding carboxylic acids is 2. The van der Waals surface area contributed by atoms with Crippen LogP contribution in [0.1, 0.15) is 61.0 Å². The van der Waals surface area contributed by atoms with E-state index in [9.17, 15) is 13.8 Å². The van der Waals surface area contributed by atoms with Crippen LogP contribution in [0.5, 0.6) is 0 Å². The Morgan fingerprint density at radius 1 is 0.964 bits per heavy atom. The normalized spacial score (nSPS) is 12.1.